The largest absolute Gasteiger partial charge is 0.494 e. The van der Waals surface area contributed by atoms with Crippen LogP contribution in [0.25, 0.3) is 0 Å². The van der Waals surface area contributed by atoms with E-state index in [0.29, 0.717) is 6.04 Å². The lowest BCUT2D eigenvalue weighted by atomic mass is 10.1. The minimum absolute atomic E-state index is 0.553. The SMILES string of the molecule is CCOc1ccc(N2CCCCNC(C)C2)cc1. The summed E-state index contributed by atoms with van der Waals surface area (Å²) in [5.74, 6) is 0.958. The highest BCUT2D eigenvalue weighted by Crippen LogP contribution is 2.20. The summed E-state index contributed by atoms with van der Waals surface area (Å²) in [6, 6.07) is 9.01. The molecule has 1 unspecified atom stereocenters. The van der Waals surface area contributed by atoms with E-state index in [2.05, 4.69) is 41.4 Å². The second kappa shape index (κ2) is 6.64. The Morgan fingerprint density at radius 1 is 1.28 bits per heavy atom. The van der Waals surface area contributed by atoms with Crippen molar-refractivity contribution in [1.29, 1.82) is 0 Å². The normalized spacial score (nSPS) is 21.2. The average molecular weight is 248 g/mol. The molecule has 0 saturated carbocycles. The molecule has 0 spiro atoms. The van der Waals surface area contributed by atoms with Crippen LogP contribution in [0.3, 0.4) is 0 Å². The Labute approximate surface area is 110 Å². The van der Waals surface area contributed by atoms with Gasteiger partial charge in [0.1, 0.15) is 5.75 Å². The van der Waals surface area contributed by atoms with Crippen LogP contribution in [0.2, 0.25) is 0 Å². The Bertz CT molecular complexity index is 350. The van der Waals surface area contributed by atoms with Crippen molar-refractivity contribution in [2.45, 2.75) is 32.7 Å². The molecule has 3 nitrogen and oxygen atoms in total. The predicted molar refractivity (Wildman–Crippen MR) is 76.5 cm³/mol. The number of benzene rings is 1. The van der Waals surface area contributed by atoms with Crippen molar-refractivity contribution >= 4 is 5.69 Å². The maximum Gasteiger partial charge on any atom is 0.119 e. The second-order valence-corrected chi connectivity index (χ2v) is 4.94. The van der Waals surface area contributed by atoms with E-state index in [9.17, 15) is 0 Å². The highest BCUT2D eigenvalue weighted by atomic mass is 16.5. The van der Waals surface area contributed by atoms with Gasteiger partial charge >= 0.3 is 0 Å². The molecule has 1 aromatic carbocycles. The number of ether oxygens (including phenoxy) is 1. The van der Waals surface area contributed by atoms with Crippen molar-refractivity contribution in [3.63, 3.8) is 0 Å². The molecule has 0 aromatic heterocycles. The van der Waals surface area contributed by atoms with Gasteiger partial charge in [-0.05, 0) is 57.5 Å². The number of rotatable bonds is 3. The Hall–Kier alpha value is -1.22. The van der Waals surface area contributed by atoms with E-state index in [-0.39, 0.29) is 0 Å². The zero-order valence-electron chi connectivity index (χ0n) is 11.5. The van der Waals surface area contributed by atoms with E-state index in [1.165, 1.54) is 18.5 Å². The molecule has 3 heteroatoms. The van der Waals surface area contributed by atoms with Gasteiger partial charge in [-0.25, -0.2) is 0 Å². The molecule has 0 bridgehead atoms. The molecule has 1 aromatic rings. The zero-order valence-corrected chi connectivity index (χ0v) is 11.5. The smallest absolute Gasteiger partial charge is 0.119 e. The summed E-state index contributed by atoms with van der Waals surface area (Å²) in [4.78, 5) is 2.46. The van der Waals surface area contributed by atoms with Gasteiger partial charge < -0.3 is 15.0 Å². The van der Waals surface area contributed by atoms with Gasteiger partial charge in [0.15, 0.2) is 0 Å². The Kier molecular flexibility index (Phi) is 4.88. The fourth-order valence-corrected chi connectivity index (χ4v) is 2.42. The lowest BCUT2D eigenvalue weighted by Crippen LogP contribution is -2.42. The molecule has 0 aliphatic carbocycles. The number of hydrogen-bond donors (Lipinski definition) is 1. The van der Waals surface area contributed by atoms with E-state index in [1.54, 1.807) is 0 Å². The summed E-state index contributed by atoms with van der Waals surface area (Å²) in [7, 11) is 0. The van der Waals surface area contributed by atoms with Gasteiger partial charge in [-0.15, -0.1) is 0 Å². The summed E-state index contributed by atoms with van der Waals surface area (Å²) >= 11 is 0. The van der Waals surface area contributed by atoms with Gasteiger partial charge in [0.2, 0.25) is 0 Å². The van der Waals surface area contributed by atoms with Crippen molar-refractivity contribution in [3.8, 4) is 5.75 Å². The molecule has 1 heterocycles. The fraction of sp³-hybridized carbons (Fsp3) is 0.600. The second-order valence-electron chi connectivity index (χ2n) is 4.94. The Morgan fingerprint density at radius 3 is 2.78 bits per heavy atom. The third-order valence-electron chi connectivity index (χ3n) is 3.35. The van der Waals surface area contributed by atoms with Gasteiger partial charge in [-0.1, -0.05) is 0 Å². The van der Waals surface area contributed by atoms with Gasteiger partial charge in [0.05, 0.1) is 6.61 Å². The molecular weight excluding hydrogens is 224 g/mol. The standard InChI is InChI=1S/C15H24N2O/c1-3-18-15-8-6-14(7-9-15)17-11-5-4-10-16-13(2)12-17/h6-9,13,16H,3-5,10-12H2,1-2H3. The molecule has 1 fully saturated rings. The molecule has 2 rings (SSSR count). The quantitative estimate of drug-likeness (QED) is 0.890. The topological polar surface area (TPSA) is 24.5 Å². The number of nitrogens with zero attached hydrogens (tertiary/aromatic N) is 1. The molecular formula is C15H24N2O. The lowest BCUT2D eigenvalue weighted by molar-refractivity contribution is 0.340. The van der Waals surface area contributed by atoms with Crippen LogP contribution in [0, 0.1) is 0 Å². The molecule has 18 heavy (non-hydrogen) atoms. The third-order valence-corrected chi connectivity index (χ3v) is 3.35. The zero-order chi connectivity index (χ0) is 12.8. The summed E-state index contributed by atoms with van der Waals surface area (Å²) < 4.78 is 5.48. The maximum absolute atomic E-state index is 5.48. The summed E-state index contributed by atoms with van der Waals surface area (Å²) in [5.41, 5.74) is 1.30. The van der Waals surface area contributed by atoms with Crippen LogP contribution in [0.1, 0.15) is 26.7 Å². The highest BCUT2D eigenvalue weighted by Gasteiger charge is 2.13. The molecule has 1 aliphatic heterocycles. The average Bonchev–Trinajstić information content (AvgIpc) is 2.35. The summed E-state index contributed by atoms with van der Waals surface area (Å²) in [6.07, 6.45) is 2.52. The van der Waals surface area contributed by atoms with Crippen LogP contribution < -0.4 is 15.0 Å². The first-order valence-electron chi connectivity index (χ1n) is 7.01. The van der Waals surface area contributed by atoms with Crippen molar-refractivity contribution in [2.24, 2.45) is 0 Å². The van der Waals surface area contributed by atoms with Crippen molar-refractivity contribution in [1.82, 2.24) is 5.32 Å². The van der Waals surface area contributed by atoms with Gasteiger partial charge in [-0.3, -0.25) is 0 Å². The first-order chi connectivity index (χ1) is 8.79. The van der Waals surface area contributed by atoms with E-state index in [1.807, 2.05) is 6.92 Å². The minimum atomic E-state index is 0.553. The number of anilines is 1. The summed E-state index contributed by atoms with van der Waals surface area (Å²) in [5, 5.41) is 3.55. The van der Waals surface area contributed by atoms with Gasteiger partial charge in [-0.2, -0.15) is 0 Å². The van der Waals surface area contributed by atoms with Crippen LogP contribution in [0.4, 0.5) is 5.69 Å². The number of hydrogen-bond acceptors (Lipinski definition) is 3. The van der Waals surface area contributed by atoms with Crippen LogP contribution in [0.15, 0.2) is 24.3 Å². The van der Waals surface area contributed by atoms with Gasteiger partial charge in [0.25, 0.3) is 0 Å². The van der Waals surface area contributed by atoms with Crippen LogP contribution in [-0.4, -0.2) is 32.3 Å². The number of nitrogens with one attached hydrogen (secondary N) is 1. The minimum Gasteiger partial charge on any atom is -0.494 e. The molecule has 0 amide bonds. The molecule has 1 saturated heterocycles. The van der Waals surface area contributed by atoms with Crippen LogP contribution >= 0.6 is 0 Å². The summed E-state index contributed by atoms with van der Waals surface area (Å²) in [6.45, 7) is 8.38. The molecule has 0 radical (unpaired) electrons. The molecule has 1 aliphatic rings. The third kappa shape index (κ3) is 3.64. The van der Waals surface area contributed by atoms with Crippen molar-refractivity contribution in [3.05, 3.63) is 24.3 Å². The molecule has 100 valence electrons. The van der Waals surface area contributed by atoms with E-state index >= 15 is 0 Å². The highest BCUT2D eigenvalue weighted by molar-refractivity contribution is 5.49. The lowest BCUT2D eigenvalue weighted by Gasteiger charge is -2.31. The van der Waals surface area contributed by atoms with Crippen LogP contribution in [0.5, 0.6) is 5.75 Å². The Morgan fingerprint density at radius 2 is 2.06 bits per heavy atom. The van der Waals surface area contributed by atoms with E-state index in [4.69, 9.17) is 4.74 Å². The first-order valence-corrected chi connectivity index (χ1v) is 7.01. The van der Waals surface area contributed by atoms with Crippen molar-refractivity contribution < 1.29 is 4.74 Å². The van der Waals surface area contributed by atoms with E-state index in [0.717, 1.165) is 32.0 Å². The monoisotopic (exact) mass is 248 g/mol. The maximum atomic E-state index is 5.48. The Balaban J connectivity index is 2.03. The molecule has 1 atom stereocenters. The van der Waals surface area contributed by atoms with Crippen LogP contribution in [-0.2, 0) is 0 Å². The van der Waals surface area contributed by atoms with Gasteiger partial charge in [0, 0.05) is 24.8 Å². The molecule has 1 N–H and O–H groups in total. The predicted octanol–water partition coefficient (Wildman–Crippen LogP) is 2.66. The first kappa shape index (κ1) is 13.2. The van der Waals surface area contributed by atoms with Crippen molar-refractivity contribution in [2.75, 3.05) is 31.1 Å². The fourth-order valence-electron chi connectivity index (χ4n) is 2.42. The van der Waals surface area contributed by atoms with E-state index < -0.39 is 0 Å².